The molecule has 0 aromatic heterocycles. The third-order valence-electron chi connectivity index (χ3n) is 0.944. The topological polar surface area (TPSA) is 26.0 Å². The first kappa shape index (κ1) is 9.89. The highest BCUT2D eigenvalue weighted by Crippen LogP contribution is 2.23. The molecule has 1 aromatic carbocycles. The molecule has 1 rings (SSSR count). The molecule has 0 atom stereocenters. The van der Waals surface area contributed by atoms with Crippen LogP contribution in [-0.2, 0) is 0 Å². The lowest BCUT2D eigenvalue weighted by Gasteiger charge is -1.94. The summed E-state index contributed by atoms with van der Waals surface area (Å²) < 4.78 is 0. The predicted molar refractivity (Wildman–Crippen MR) is 48.1 cm³/mol. The molecular weight excluding hydrogens is 192 g/mol. The summed E-state index contributed by atoms with van der Waals surface area (Å²) in [7, 11) is 0. The molecular formula is C6H6Cl3N. The van der Waals surface area contributed by atoms with Gasteiger partial charge >= 0.3 is 0 Å². The van der Waals surface area contributed by atoms with Gasteiger partial charge in [0.1, 0.15) is 0 Å². The van der Waals surface area contributed by atoms with Crippen molar-refractivity contribution in [2.75, 3.05) is 5.73 Å². The zero-order chi connectivity index (χ0) is 6.85. The van der Waals surface area contributed by atoms with Crippen molar-refractivity contribution in [3.05, 3.63) is 28.2 Å². The molecule has 0 aliphatic heterocycles. The Bertz CT molecular complexity index is 224. The molecule has 0 unspecified atom stereocenters. The fourth-order valence-corrected chi connectivity index (χ4v) is 0.819. The molecule has 0 spiro atoms. The second-order valence-corrected chi connectivity index (χ2v) is 2.49. The van der Waals surface area contributed by atoms with Gasteiger partial charge in [-0.15, -0.1) is 12.4 Å². The van der Waals surface area contributed by atoms with Crippen LogP contribution >= 0.6 is 35.6 Å². The van der Waals surface area contributed by atoms with Gasteiger partial charge in [0.05, 0.1) is 10.0 Å². The van der Waals surface area contributed by atoms with Crippen molar-refractivity contribution in [2.45, 2.75) is 0 Å². The van der Waals surface area contributed by atoms with E-state index in [0.717, 1.165) is 0 Å². The Balaban J connectivity index is 0.000000810. The fourth-order valence-electron chi connectivity index (χ4n) is 0.512. The summed E-state index contributed by atoms with van der Waals surface area (Å²) in [5.74, 6) is 0. The van der Waals surface area contributed by atoms with Gasteiger partial charge in [-0.25, -0.2) is 0 Å². The van der Waals surface area contributed by atoms with Crippen molar-refractivity contribution in [1.29, 1.82) is 0 Å². The molecule has 1 nitrogen and oxygen atoms in total. The first-order valence-corrected chi connectivity index (χ1v) is 3.16. The van der Waals surface area contributed by atoms with E-state index in [4.69, 9.17) is 28.9 Å². The van der Waals surface area contributed by atoms with Crippen LogP contribution in [0.15, 0.2) is 18.2 Å². The number of nitrogens with two attached hydrogens (primary N) is 1. The summed E-state index contributed by atoms with van der Waals surface area (Å²) in [5.41, 5.74) is 6.01. The van der Waals surface area contributed by atoms with E-state index in [1.54, 1.807) is 18.2 Å². The van der Waals surface area contributed by atoms with Gasteiger partial charge in [-0.3, -0.25) is 0 Å². The second-order valence-electron chi connectivity index (χ2n) is 1.67. The highest BCUT2D eigenvalue weighted by Gasteiger charge is 1.94. The molecule has 1 aromatic rings. The van der Waals surface area contributed by atoms with Gasteiger partial charge in [-0.1, -0.05) is 23.2 Å². The Kier molecular flexibility index (Phi) is 3.87. The Morgan fingerprint density at radius 3 is 2.10 bits per heavy atom. The van der Waals surface area contributed by atoms with Crippen LogP contribution in [-0.4, -0.2) is 0 Å². The summed E-state index contributed by atoms with van der Waals surface area (Å²) in [4.78, 5) is 0. The maximum absolute atomic E-state index is 5.60. The van der Waals surface area contributed by atoms with Crippen LogP contribution in [0.5, 0.6) is 0 Å². The first-order valence-electron chi connectivity index (χ1n) is 2.40. The minimum Gasteiger partial charge on any atom is -0.399 e. The third kappa shape index (κ3) is 2.25. The monoisotopic (exact) mass is 197 g/mol. The average Bonchev–Trinajstić information content (AvgIpc) is 1.80. The molecule has 0 amide bonds. The first-order chi connectivity index (χ1) is 4.20. The van der Waals surface area contributed by atoms with Crippen molar-refractivity contribution < 1.29 is 0 Å². The molecule has 0 radical (unpaired) electrons. The van der Waals surface area contributed by atoms with Crippen LogP contribution in [0.4, 0.5) is 5.69 Å². The van der Waals surface area contributed by atoms with E-state index in [1.807, 2.05) is 0 Å². The van der Waals surface area contributed by atoms with Crippen molar-refractivity contribution in [1.82, 2.24) is 0 Å². The lowest BCUT2D eigenvalue weighted by molar-refractivity contribution is 1.68. The standard InChI is InChI=1S/C6H5Cl2N.ClH/c7-5-2-1-4(9)3-6(5)8;/h1-3H,9H2;1H. The third-order valence-corrected chi connectivity index (χ3v) is 1.68. The summed E-state index contributed by atoms with van der Waals surface area (Å²) in [5, 5.41) is 1.03. The SMILES string of the molecule is Cl.Nc1ccc(Cl)c(Cl)c1. The smallest absolute Gasteiger partial charge is 0.0612 e. The molecule has 0 heterocycles. The van der Waals surface area contributed by atoms with Crippen LogP contribution in [0, 0.1) is 0 Å². The number of benzene rings is 1. The van der Waals surface area contributed by atoms with Crippen LogP contribution in [0.2, 0.25) is 10.0 Å². The van der Waals surface area contributed by atoms with E-state index in [2.05, 4.69) is 0 Å². The van der Waals surface area contributed by atoms with Gasteiger partial charge < -0.3 is 5.73 Å². The van der Waals surface area contributed by atoms with E-state index in [1.165, 1.54) is 0 Å². The van der Waals surface area contributed by atoms with Crippen LogP contribution in [0.25, 0.3) is 0 Å². The maximum atomic E-state index is 5.60. The molecule has 4 heteroatoms. The second kappa shape index (κ2) is 3.91. The minimum atomic E-state index is 0. The molecule has 0 saturated carbocycles. The molecule has 0 saturated heterocycles. The van der Waals surface area contributed by atoms with E-state index < -0.39 is 0 Å². The van der Waals surface area contributed by atoms with Crippen molar-refractivity contribution in [2.24, 2.45) is 0 Å². The zero-order valence-electron chi connectivity index (χ0n) is 4.97. The zero-order valence-corrected chi connectivity index (χ0v) is 7.30. The molecule has 56 valence electrons. The van der Waals surface area contributed by atoms with Gasteiger partial charge in [-0.2, -0.15) is 0 Å². The van der Waals surface area contributed by atoms with Crippen molar-refractivity contribution in [3.8, 4) is 0 Å². The minimum absolute atomic E-state index is 0. The lowest BCUT2D eigenvalue weighted by atomic mass is 10.3. The molecule has 0 aliphatic rings. The summed E-state index contributed by atoms with van der Waals surface area (Å²) in [6.45, 7) is 0. The van der Waals surface area contributed by atoms with Crippen LogP contribution in [0.3, 0.4) is 0 Å². The quantitative estimate of drug-likeness (QED) is 0.637. The van der Waals surface area contributed by atoms with E-state index >= 15 is 0 Å². The number of rotatable bonds is 0. The van der Waals surface area contributed by atoms with Gasteiger partial charge in [-0.05, 0) is 18.2 Å². The highest BCUT2D eigenvalue weighted by atomic mass is 35.5. The van der Waals surface area contributed by atoms with E-state index in [0.29, 0.717) is 15.7 Å². The molecule has 0 fully saturated rings. The van der Waals surface area contributed by atoms with Crippen LogP contribution < -0.4 is 5.73 Å². The number of anilines is 1. The Morgan fingerprint density at radius 1 is 1.10 bits per heavy atom. The number of halogens is 3. The van der Waals surface area contributed by atoms with Gasteiger partial charge in [0.15, 0.2) is 0 Å². The molecule has 0 aliphatic carbocycles. The summed E-state index contributed by atoms with van der Waals surface area (Å²) in [6.07, 6.45) is 0. The van der Waals surface area contributed by atoms with Crippen molar-refractivity contribution in [3.63, 3.8) is 0 Å². The van der Waals surface area contributed by atoms with E-state index in [-0.39, 0.29) is 12.4 Å². The Labute approximate surface area is 75.5 Å². The predicted octanol–water partition coefficient (Wildman–Crippen LogP) is 3.00. The molecule has 2 N–H and O–H groups in total. The fraction of sp³-hybridized carbons (Fsp3) is 0. The molecule has 0 bridgehead atoms. The van der Waals surface area contributed by atoms with Gasteiger partial charge in [0, 0.05) is 5.69 Å². The highest BCUT2D eigenvalue weighted by molar-refractivity contribution is 6.42. The Hall–Kier alpha value is -0.110. The largest absolute Gasteiger partial charge is 0.399 e. The normalized spacial score (nSPS) is 8.60. The number of hydrogen-bond acceptors (Lipinski definition) is 1. The number of hydrogen-bond donors (Lipinski definition) is 1. The maximum Gasteiger partial charge on any atom is 0.0612 e. The average molecular weight is 198 g/mol. The summed E-state index contributed by atoms with van der Waals surface area (Å²) in [6, 6.07) is 4.98. The number of nitrogen functional groups attached to an aromatic ring is 1. The van der Waals surface area contributed by atoms with Gasteiger partial charge in [0.25, 0.3) is 0 Å². The summed E-state index contributed by atoms with van der Waals surface area (Å²) >= 11 is 11.2. The van der Waals surface area contributed by atoms with Gasteiger partial charge in [0.2, 0.25) is 0 Å². The van der Waals surface area contributed by atoms with Crippen molar-refractivity contribution >= 4 is 41.3 Å². The lowest BCUT2D eigenvalue weighted by Crippen LogP contribution is -1.82. The Morgan fingerprint density at radius 2 is 1.70 bits per heavy atom. The molecule has 10 heavy (non-hydrogen) atoms. The van der Waals surface area contributed by atoms with Crippen LogP contribution in [0.1, 0.15) is 0 Å². The van der Waals surface area contributed by atoms with E-state index in [9.17, 15) is 0 Å².